The molecule has 0 fully saturated rings. The van der Waals surface area contributed by atoms with Crippen LogP contribution in [0, 0.1) is 0 Å². The molecule has 0 spiro atoms. The van der Waals surface area contributed by atoms with E-state index >= 15 is 0 Å². The minimum absolute atomic E-state index is 0.312. The molecule has 0 bridgehead atoms. The summed E-state index contributed by atoms with van der Waals surface area (Å²) in [6.45, 7) is 2.07. The first-order valence-electron chi connectivity index (χ1n) is 6.65. The summed E-state index contributed by atoms with van der Waals surface area (Å²) >= 11 is 3.57. The maximum atomic E-state index is 5.40. The molecule has 1 aliphatic heterocycles. The molecule has 1 aliphatic rings. The van der Waals surface area contributed by atoms with Crippen molar-refractivity contribution in [3.05, 3.63) is 58.1 Å². The average molecular weight is 334 g/mol. The van der Waals surface area contributed by atoms with Crippen LogP contribution in [0.4, 0.5) is 0 Å². The van der Waals surface area contributed by atoms with Crippen molar-refractivity contribution in [1.29, 1.82) is 0 Å². The Balaban J connectivity index is 1.54. The van der Waals surface area contributed by atoms with Crippen molar-refractivity contribution in [3.8, 4) is 11.5 Å². The second-order valence-electron chi connectivity index (χ2n) is 4.71. The number of rotatable bonds is 5. The highest BCUT2D eigenvalue weighted by molar-refractivity contribution is 9.10. The fourth-order valence-corrected chi connectivity index (χ4v) is 2.66. The Morgan fingerprint density at radius 3 is 2.60 bits per heavy atom. The molecule has 3 rings (SSSR count). The van der Waals surface area contributed by atoms with Gasteiger partial charge < -0.3 is 14.8 Å². The molecule has 104 valence electrons. The van der Waals surface area contributed by atoms with Crippen molar-refractivity contribution in [1.82, 2.24) is 5.32 Å². The standard InChI is InChI=1S/C16H16BrNO2/c17-14-9-16-15(19-11-20-16)8-13(14)10-18-7-6-12-4-2-1-3-5-12/h1-5,8-9,18H,6-7,10-11H2. The van der Waals surface area contributed by atoms with Gasteiger partial charge in [-0.05, 0) is 36.2 Å². The molecule has 20 heavy (non-hydrogen) atoms. The molecule has 0 atom stereocenters. The highest BCUT2D eigenvalue weighted by atomic mass is 79.9. The van der Waals surface area contributed by atoms with Gasteiger partial charge in [-0.3, -0.25) is 0 Å². The largest absolute Gasteiger partial charge is 0.454 e. The Morgan fingerprint density at radius 1 is 1.05 bits per heavy atom. The first-order chi connectivity index (χ1) is 9.83. The molecule has 2 aromatic rings. The third kappa shape index (κ3) is 3.14. The molecular weight excluding hydrogens is 318 g/mol. The third-order valence-corrected chi connectivity index (χ3v) is 4.03. The third-order valence-electron chi connectivity index (χ3n) is 3.29. The summed E-state index contributed by atoms with van der Waals surface area (Å²) in [6.07, 6.45) is 1.03. The minimum Gasteiger partial charge on any atom is -0.454 e. The van der Waals surface area contributed by atoms with Gasteiger partial charge in [-0.1, -0.05) is 46.3 Å². The van der Waals surface area contributed by atoms with E-state index in [-0.39, 0.29) is 0 Å². The Hall–Kier alpha value is -1.52. The lowest BCUT2D eigenvalue weighted by atomic mass is 10.1. The van der Waals surface area contributed by atoms with Crippen molar-refractivity contribution in [2.75, 3.05) is 13.3 Å². The summed E-state index contributed by atoms with van der Waals surface area (Å²) in [5, 5.41) is 3.46. The lowest BCUT2D eigenvalue weighted by Gasteiger charge is -2.08. The van der Waals surface area contributed by atoms with Gasteiger partial charge in [0.1, 0.15) is 0 Å². The molecule has 0 unspecified atom stereocenters. The van der Waals surface area contributed by atoms with Gasteiger partial charge in [-0.15, -0.1) is 0 Å². The second-order valence-corrected chi connectivity index (χ2v) is 5.56. The van der Waals surface area contributed by atoms with Crippen LogP contribution >= 0.6 is 15.9 Å². The van der Waals surface area contributed by atoms with Crippen LogP contribution in [0.2, 0.25) is 0 Å². The van der Waals surface area contributed by atoms with Crippen molar-refractivity contribution < 1.29 is 9.47 Å². The Kier molecular flexibility index (Phi) is 4.23. The Labute approximate surface area is 127 Å². The van der Waals surface area contributed by atoms with Crippen LogP contribution in [0.3, 0.4) is 0 Å². The molecule has 0 radical (unpaired) electrons. The van der Waals surface area contributed by atoms with E-state index in [9.17, 15) is 0 Å². The maximum Gasteiger partial charge on any atom is 0.231 e. The van der Waals surface area contributed by atoms with Crippen molar-refractivity contribution in [2.24, 2.45) is 0 Å². The van der Waals surface area contributed by atoms with Gasteiger partial charge in [0.15, 0.2) is 11.5 Å². The molecule has 1 N–H and O–H groups in total. The number of benzene rings is 2. The first-order valence-corrected chi connectivity index (χ1v) is 7.45. The Bertz CT molecular complexity index is 587. The van der Waals surface area contributed by atoms with Crippen LogP contribution in [0.25, 0.3) is 0 Å². The highest BCUT2D eigenvalue weighted by Crippen LogP contribution is 2.36. The smallest absolute Gasteiger partial charge is 0.231 e. The quantitative estimate of drug-likeness (QED) is 0.849. The molecule has 0 saturated carbocycles. The fourth-order valence-electron chi connectivity index (χ4n) is 2.20. The number of nitrogens with one attached hydrogen (secondary N) is 1. The lowest BCUT2D eigenvalue weighted by molar-refractivity contribution is 0.174. The summed E-state index contributed by atoms with van der Waals surface area (Å²) in [7, 11) is 0. The van der Waals surface area contributed by atoms with E-state index in [0.29, 0.717) is 6.79 Å². The van der Waals surface area contributed by atoms with Crippen LogP contribution in [0.5, 0.6) is 11.5 Å². The monoisotopic (exact) mass is 333 g/mol. The average Bonchev–Trinajstić information content (AvgIpc) is 2.91. The number of hydrogen-bond donors (Lipinski definition) is 1. The summed E-state index contributed by atoms with van der Waals surface area (Å²) in [5.41, 5.74) is 2.53. The molecule has 0 aliphatic carbocycles. The zero-order valence-corrected chi connectivity index (χ0v) is 12.7. The number of halogens is 1. The van der Waals surface area contributed by atoms with Crippen LogP contribution in [-0.2, 0) is 13.0 Å². The molecule has 0 aromatic heterocycles. The fraction of sp³-hybridized carbons (Fsp3) is 0.250. The van der Waals surface area contributed by atoms with Gasteiger partial charge in [-0.2, -0.15) is 0 Å². The lowest BCUT2D eigenvalue weighted by Crippen LogP contribution is -2.16. The zero-order chi connectivity index (χ0) is 13.8. The number of fused-ring (bicyclic) bond motifs is 1. The van der Waals surface area contributed by atoms with Gasteiger partial charge in [-0.25, -0.2) is 0 Å². The Morgan fingerprint density at radius 2 is 1.80 bits per heavy atom. The first kappa shape index (κ1) is 13.5. The number of ether oxygens (including phenoxy) is 2. The summed E-state index contributed by atoms with van der Waals surface area (Å²) in [4.78, 5) is 0. The SMILES string of the molecule is Brc1cc2c(cc1CNCCc1ccccc1)OCO2. The summed E-state index contributed by atoms with van der Waals surface area (Å²) < 4.78 is 11.8. The van der Waals surface area contributed by atoms with E-state index < -0.39 is 0 Å². The summed E-state index contributed by atoms with van der Waals surface area (Å²) in [5.74, 6) is 1.64. The van der Waals surface area contributed by atoms with Gasteiger partial charge in [0.2, 0.25) is 6.79 Å². The van der Waals surface area contributed by atoms with E-state index in [1.807, 2.05) is 18.2 Å². The molecule has 4 heteroatoms. The maximum absolute atomic E-state index is 5.40. The molecular formula is C16H16BrNO2. The highest BCUT2D eigenvalue weighted by Gasteiger charge is 2.15. The van der Waals surface area contributed by atoms with Gasteiger partial charge in [0.05, 0.1) is 0 Å². The van der Waals surface area contributed by atoms with E-state index in [4.69, 9.17) is 9.47 Å². The molecule has 1 heterocycles. The predicted molar refractivity (Wildman–Crippen MR) is 82.1 cm³/mol. The molecule has 3 nitrogen and oxygen atoms in total. The van der Waals surface area contributed by atoms with Crippen molar-refractivity contribution in [3.63, 3.8) is 0 Å². The minimum atomic E-state index is 0.312. The van der Waals surface area contributed by atoms with Crippen LogP contribution in [-0.4, -0.2) is 13.3 Å². The van der Waals surface area contributed by atoms with Crippen molar-refractivity contribution >= 4 is 15.9 Å². The molecule has 0 amide bonds. The van der Waals surface area contributed by atoms with E-state index in [2.05, 4.69) is 45.5 Å². The van der Waals surface area contributed by atoms with Crippen LogP contribution < -0.4 is 14.8 Å². The van der Waals surface area contributed by atoms with E-state index in [1.54, 1.807) is 0 Å². The van der Waals surface area contributed by atoms with Gasteiger partial charge in [0, 0.05) is 11.0 Å². The predicted octanol–water partition coefficient (Wildman–Crippen LogP) is 3.51. The van der Waals surface area contributed by atoms with E-state index in [1.165, 1.54) is 11.1 Å². The second kappa shape index (κ2) is 6.29. The van der Waals surface area contributed by atoms with E-state index in [0.717, 1.165) is 35.5 Å². The van der Waals surface area contributed by atoms with Gasteiger partial charge in [0.25, 0.3) is 0 Å². The normalized spacial score (nSPS) is 12.7. The summed E-state index contributed by atoms with van der Waals surface area (Å²) in [6, 6.07) is 14.5. The van der Waals surface area contributed by atoms with Crippen LogP contribution in [0.15, 0.2) is 46.9 Å². The molecule has 0 saturated heterocycles. The number of hydrogen-bond acceptors (Lipinski definition) is 3. The van der Waals surface area contributed by atoms with Gasteiger partial charge >= 0.3 is 0 Å². The zero-order valence-electron chi connectivity index (χ0n) is 11.1. The van der Waals surface area contributed by atoms with Crippen molar-refractivity contribution in [2.45, 2.75) is 13.0 Å². The topological polar surface area (TPSA) is 30.5 Å². The molecule has 2 aromatic carbocycles. The van der Waals surface area contributed by atoms with Crippen LogP contribution in [0.1, 0.15) is 11.1 Å².